The molecule has 2 nitrogen and oxygen atoms in total. The highest BCUT2D eigenvalue weighted by Gasteiger charge is 2.19. The molecule has 1 aliphatic rings. The van der Waals surface area contributed by atoms with Crippen LogP contribution in [0.5, 0.6) is 0 Å². The highest BCUT2D eigenvalue weighted by atomic mass is 79.9. The molecule has 0 aromatic heterocycles. The van der Waals surface area contributed by atoms with Gasteiger partial charge in [0.2, 0.25) is 0 Å². The van der Waals surface area contributed by atoms with Crippen molar-refractivity contribution < 1.29 is 9.18 Å². The third-order valence-electron chi connectivity index (χ3n) is 3.30. The van der Waals surface area contributed by atoms with Crippen molar-refractivity contribution in [3.8, 4) is 0 Å². The maximum Gasteiger partial charge on any atom is 0.256 e. The van der Waals surface area contributed by atoms with E-state index in [4.69, 9.17) is 0 Å². The van der Waals surface area contributed by atoms with Gasteiger partial charge in [-0.05, 0) is 31.0 Å². The van der Waals surface area contributed by atoms with Crippen LogP contribution in [0.15, 0.2) is 22.7 Å². The molecule has 2 rings (SSSR count). The number of hydrogen-bond acceptors (Lipinski definition) is 1. The van der Waals surface area contributed by atoms with Gasteiger partial charge in [-0.3, -0.25) is 4.79 Å². The van der Waals surface area contributed by atoms with E-state index in [9.17, 15) is 9.18 Å². The average Bonchev–Trinajstić information content (AvgIpc) is 2.27. The van der Waals surface area contributed by atoms with E-state index < -0.39 is 5.82 Å². The number of carbonyl (C=O) groups is 1. The van der Waals surface area contributed by atoms with Crippen molar-refractivity contribution >= 4 is 21.8 Å². The van der Waals surface area contributed by atoms with Gasteiger partial charge in [0.25, 0.3) is 5.91 Å². The zero-order valence-electron chi connectivity index (χ0n) is 10.3. The summed E-state index contributed by atoms with van der Waals surface area (Å²) in [6, 6.07) is 4.61. The van der Waals surface area contributed by atoms with E-state index in [1.807, 2.05) is 0 Å². The molecule has 4 heteroatoms. The minimum Gasteiger partial charge on any atom is -0.339 e. The summed E-state index contributed by atoms with van der Waals surface area (Å²) in [5, 5.41) is 0. The van der Waals surface area contributed by atoms with Crippen molar-refractivity contribution in [3.05, 3.63) is 34.1 Å². The van der Waals surface area contributed by atoms with Crippen LogP contribution in [0.1, 0.15) is 42.5 Å². The summed E-state index contributed by atoms with van der Waals surface area (Å²) in [6.07, 6.45) is 5.60. The summed E-state index contributed by atoms with van der Waals surface area (Å²) in [5.41, 5.74) is 0.179. The molecule has 0 unspecified atom stereocenters. The first-order valence-electron chi connectivity index (χ1n) is 6.43. The van der Waals surface area contributed by atoms with Crippen molar-refractivity contribution in [3.63, 3.8) is 0 Å². The topological polar surface area (TPSA) is 20.3 Å². The minimum atomic E-state index is -0.448. The molecule has 1 amide bonds. The van der Waals surface area contributed by atoms with Crippen LogP contribution in [0.2, 0.25) is 0 Å². The second-order valence-electron chi connectivity index (χ2n) is 4.68. The van der Waals surface area contributed by atoms with Crippen molar-refractivity contribution in [1.82, 2.24) is 4.90 Å². The van der Waals surface area contributed by atoms with E-state index in [1.165, 1.54) is 12.5 Å². The summed E-state index contributed by atoms with van der Waals surface area (Å²) in [4.78, 5) is 14.1. The lowest BCUT2D eigenvalue weighted by Gasteiger charge is -2.25. The number of rotatable bonds is 1. The molecule has 18 heavy (non-hydrogen) atoms. The molecule has 1 fully saturated rings. The Kier molecular flexibility index (Phi) is 4.75. The second kappa shape index (κ2) is 6.32. The zero-order valence-corrected chi connectivity index (χ0v) is 11.9. The van der Waals surface area contributed by atoms with Gasteiger partial charge in [0, 0.05) is 17.6 Å². The van der Waals surface area contributed by atoms with Crippen LogP contribution < -0.4 is 0 Å². The van der Waals surface area contributed by atoms with Crippen LogP contribution in [0.4, 0.5) is 4.39 Å². The van der Waals surface area contributed by atoms with Gasteiger partial charge in [-0.15, -0.1) is 0 Å². The molecule has 98 valence electrons. The minimum absolute atomic E-state index is 0.179. The van der Waals surface area contributed by atoms with Gasteiger partial charge in [0.1, 0.15) is 5.82 Å². The van der Waals surface area contributed by atoms with E-state index in [2.05, 4.69) is 15.9 Å². The van der Waals surface area contributed by atoms with Crippen LogP contribution in [-0.2, 0) is 0 Å². The van der Waals surface area contributed by atoms with Crippen molar-refractivity contribution in [2.75, 3.05) is 13.1 Å². The smallest absolute Gasteiger partial charge is 0.256 e. The quantitative estimate of drug-likeness (QED) is 0.767. The molecular weight excluding hydrogens is 297 g/mol. The Morgan fingerprint density at radius 3 is 2.33 bits per heavy atom. The molecule has 1 aromatic carbocycles. The Morgan fingerprint density at radius 2 is 1.72 bits per heavy atom. The van der Waals surface area contributed by atoms with Gasteiger partial charge in [0.15, 0.2) is 0 Å². The predicted molar refractivity (Wildman–Crippen MR) is 73.1 cm³/mol. The number of carbonyl (C=O) groups excluding carboxylic acids is 1. The SMILES string of the molecule is O=C(c1ccc(Br)cc1F)N1CCCCCCC1. The van der Waals surface area contributed by atoms with Crippen LogP contribution in [-0.4, -0.2) is 23.9 Å². The summed E-state index contributed by atoms with van der Waals surface area (Å²) in [6.45, 7) is 1.49. The summed E-state index contributed by atoms with van der Waals surface area (Å²) in [5.74, 6) is -0.627. The Bertz CT molecular complexity index is 428. The fraction of sp³-hybridized carbons (Fsp3) is 0.500. The highest BCUT2D eigenvalue weighted by molar-refractivity contribution is 9.10. The molecule has 0 saturated carbocycles. The normalized spacial score (nSPS) is 17.1. The molecule has 0 atom stereocenters. The number of hydrogen-bond donors (Lipinski definition) is 0. The number of halogens is 2. The van der Waals surface area contributed by atoms with Crippen molar-refractivity contribution in [2.24, 2.45) is 0 Å². The molecular formula is C14H17BrFNO. The molecule has 1 aromatic rings. The van der Waals surface area contributed by atoms with Gasteiger partial charge < -0.3 is 4.90 Å². The Hall–Kier alpha value is -0.900. The van der Waals surface area contributed by atoms with Crippen molar-refractivity contribution in [2.45, 2.75) is 32.1 Å². The van der Waals surface area contributed by atoms with E-state index in [-0.39, 0.29) is 11.5 Å². The predicted octanol–water partition coefficient (Wildman–Crippen LogP) is 3.99. The Labute approximate surface area is 115 Å². The molecule has 0 radical (unpaired) electrons. The van der Waals surface area contributed by atoms with E-state index in [1.54, 1.807) is 17.0 Å². The van der Waals surface area contributed by atoms with Crippen molar-refractivity contribution in [1.29, 1.82) is 0 Å². The number of amides is 1. The molecule has 0 bridgehead atoms. The molecule has 0 aliphatic carbocycles. The highest BCUT2D eigenvalue weighted by Crippen LogP contribution is 2.18. The number of nitrogens with zero attached hydrogens (tertiary/aromatic N) is 1. The summed E-state index contributed by atoms with van der Waals surface area (Å²) in [7, 11) is 0. The Morgan fingerprint density at radius 1 is 1.11 bits per heavy atom. The lowest BCUT2D eigenvalue weighted by Crippen LogP contribution is -2.34. The second-order valence-corrected chi connectivity index (χ2v) is 5.60. The van der Waals surface area contributed by atoms with Crippen LogP contribution in [0.25, 0.3) is 0 Å². The fourth-order valence-electron chi connectivity index (χ4n) is 2.28. The number of likely N-dealkylation sites (tertiary alicyclic amines) is 1. The lowest BCUT2D eigenvalue weighted by molar-refractivity contribution is 0.0737. The summed E-state index contributed by atoms with van der Waals surface area (Å²) >= 11 is 3.20. The molecule has 1 saturated heterocycles. The van der Waals surface area contributed by atoms with E-state index in [0.717, 1.165) is 38.8 Å². The van der Waals surface area contributed by atoms with Crippen LogP contribution >= 0.6 is 15.9 Å². The average molecular weight is 314 g/mol. The van der Waals surface area contributed by atoms with E-state index >= 15 is 0 Å². The van der Waals surface area contributed by atoms with Crippen LogP contribution in [0, 0.1) is 5.82 Å². The molecule has 0 spiro atoms. The Balaban J connectivity index is 2.13. The first-order chi connectivity index (χ1) is 8.68. The standard InChI is InChI=1S/C14H17BrFNO/c15-11-6-7-12(13(16)10-11)14(18)17-8-4-2-1-3-5-9-17/h6-7,10H,1-5,8-9H2. The van der Waals surface area contributed by atoms with Gasteiger partial charge in [-0.2, -0.15) is 0 Å². The zero-order chi connectivity index (χ0) is 13.0. The van der Waals surface area contributed by atoms with Gasteiger partial charge in [0.05, 0.1) is 5.56 Å². The first-order valence-corrected chi connectivity index (χ1v) is 7.22. The third-order valence-corrected chi connectivity index (χ3v) is 3.80. The lowest BCUT2D eigenvalue weighted by atomic mass is 10.1. The number of benzene rings is 1. The summed E-state index contributed by atoms with van der Waals surface area (Å²) < 4.78 is 14.4. The maximum atomic E-state index is 13.8. The van der Waals surface area contributed by atoms with E-state index in [0.29, 0.717) is 4.47 Å². The molecule has 0 N–H and O–H groups in total. The largest absolute Gasteiger partial charge is 0.339 e. The van der Waals surface area contributed by atoms with Gasteiger partial charge in [-0.25, -0.2) is 4.39 Å². The van der Waals surface area contributed by atoms with Crippen LogP contribution in [0.3, 0.4) is 0 Å². The maximum absolute atomic E-state index is 13.8. The monoisotopic (exact) mass is 313 g/mol. The third kappa shape index (κ3) is 3.31. The molecule has 1 aliphatic heterocycles. The van der Waals surface area contributed by atoms with Gasteiger partial charge >= 0.3 is 0 Å². The van der Waals surface area contributed by atoms with Gasteiger partial charge in [-0.1, -0.05) is 35.2 Å². The fourth-order valence-corrected chi connectivity index (χ4v) is 2.62. The molecule has 1 heterocycles. The first kappa shape index (κ1) is 13.5.